The number of amides is 1. The number of rotatable bonds is 7. The molecule has 0 aromatic heterocycles. The summed E-state index contributed by atoms with van der Waals surface area (Å²) in [6.45, 7) is 6.54. The van der Waals surface area contributed by atoms with Gasteiger partial charge in [0.2, 0.25) is 0 Å². The SMILES string of the molecule is CON(C)S(=O)(=O)c1ccc(C(=O)NCC(C)(C)N2CCc3ccccc3C2)cc1. The van der Waals surface area contributed by atoms with Crippen molar-refractivity contribution in [1.82, 2.24) is 14.7 Å². The molecule has 2 aromatic rings. The van der Waals surface area contributed by atoms with E-state index in [2.05, 4.69) is 48.3 Å². The molecule has 0 fully saturated rings. The highest BCUT2D eigenvalue weighted by Crippen LogP contribution is 2.25. The van der Waals surface area contributed by atoms with Crippen molar-refractivity contribution in [1.29, 1.82) is 0 Å². The van der Waals surface area contributed by atoms with Gasteiger partial charge in [-0.25, -0.2) is 8.42 Å². The lowest BCUT2D eigenvalue weighted by molar-refractivity contribution is -0.0258. The Morgan fingerprint density at radius 3 is 2.40 bits per heavy atom. The smallest absolute Gasteiger partial charge is 0.264 e. The first kappa shape index (κ1) is 22.4. The number of carbonyl (C=O) groups is 1. The molecule has 0 saturated carbocycles. The number of benzene rings is 2. The number of hydrogen-bond acceptors (Lipinski definition) is 5. The second-order valence-electron chi connectivity index (χ2n) is 8.06. The van der Waals surface area contributed by atoms with Crippen molar-refractivity contribution < 1.29 is 18.0 Å². The van der Waals surface area contributed by atoms with E-state index in [1.807, 2.05) is 0 Å². The van der Waals surface area contributed by atoms with Crippen LogP contribution in [0.1, 0.15) is 35.3 Å². The van der Waals surface area contributed by atoms with E-state index in [4.69, 9.17) is 4.84 Å². The molecule has 162 valence electrons. The molecule has 0 radical (unpaired) electrons. The van der Waals surface area contributed by atoms with Gasteiger partial charge in [-0.1, -0.05) is 28.7 Å². The maximum Gasteiger partial charge on any atom is 0.264 e. The van der Waals surface area contributed by atoms with Crippen molar-refractivity contribution in [2.45, 2.75) is 37.2 Å². The molecule has 8 heteroatoms. The average molecular weight is 432 g/mol. The minimum atomic E-state index is -3.73. The highest BCUT2D eigenvalue weighted by atomic mass is 32.2. The molecule has 0 spiro atoms. The summed E-state index contributed by atoms with van der Waals surface area (Å²) >= 11 is 0. The van der Waals surface area contributed by atoms with Crippen LogP contribution in [0.4, 0.5) is 0 Å². The maximum atomic E-state index is 12.6. The molecule has 1 N–H and O–H groups in total. The van der Waals surface area contributed by atoms with Gasteiger partial charge in [-0.05, 0) is 55.7 Å². The van der Waals surface area contributed by atoms with E-state index < -0.39 is 10.0 Å². The van der Waals surface area contributed by atoms with Crippen LogP contribution in [0.25, 0.3) is 0 Å². The Kier molecular flexibility index (Phi) is 6.62. The Hall–Kier alpha value is -2.26. The normalized spacial score (nSPS) is 15.1. The molecule has 0 atom stereocenters. The molecule has 0 unspecified atom stereocenters. The highest BCUT2D eigenvalue weighted by molar-refractivity contribution is 7.89. The van der Waals surface area contributed by atoms with Crippen LogP contribution in [0, 0.1) is 0 Å². The van der Waals surface area contributed by atoms with E-state index in [0.29, 0.717) is 12.1 Å². The van der Waals surface area contributed by atoms with Gasteiger partial charge < -0.3 is 5.32 Å². The van der Waals surface area contributed by atoms with E-state index in [0.717, 1.165) is 24.0 Å². The molecule has 30 heavy (non-hydrogen) atoms. The molecule has 0 bridgehead atoms. The van der Waals surface area contributed by atoms with Gasteiger partial charge in [0, 0.05) is 37.8 Å². The number of hydrogen-bond donors (Lipinski definition) is 1. The number of fused-ring (bicyclic) bond motifs is 1. The van der Waals surface area contributed by atoms with Gasteiger partial charge >= 0.3 is 0 Å². The largest absolute Gasteiger partial charge is 0.350 e. The monoisotopic (exact) mass is 431 g/mol. The summed E-state index contributed by atoms with van der Waals surface area (Å²) in [4.78, 5) is 19.8. The first-order valence-electron chi connectivity index (χ1n) is 9.88. The van der Waals surface area contributed by atoms with Gasteiger partial charge in [0.05, 0.1) is 12.0 Å². The van der Waals surface area contributed by atoms with Gasteiger partial charge in [0.15, 0.2) is 0 Å². The van der Waals surface area contributed by atoms with E-state index in [-0.39, 0.29) is 16.3 Å². The Balaban J connectivity index is 1.62. The zero-order chi connectivity index (χ0) is 21.9. The Morgan fingerprint density at radius 1 is 1.13 bits per heavy atom. The van der Waals surface area contributed by atoms with Crippen molar-refractivity contribution in [2.75, 3.05) is 27.2 Å². The van der Waals surface area contributed by atoms with Gasteiger partial charge in [0.1, 0.15) is 0 Å². The summed E-state index contributed by atoms with van der Waals surface area (Å²) in [6.07, 6.45) is 0.999. The van der Waals surface area contributed by atoms with E-state index in [1.54, 1.807) is 0 Å². The fraction of sp³-hybridized carbons (Fsp3) is 0.409. The Bertz CT molecular complexity index is 1000. The summed E-state index contributed by atoms with van der Waals surface area (Å²) in [5, 5.41) is 2.99. The molecule has 7 nitrogen and oxygen atoms in total. The summed E-state index contributed by atoms with van der Waals surface area (Å²) in [6, 6.07) is 14.3. The molecular formula is C22H29N3O4S. The third kappa shape index (κ3) is 4.73. The predicted octanol–water partition coefficient (Wildman–Crippen LogP) is 2.44. The van der Waals surface area contributed by atoms with Crippen LogP contribution in [0.15, 0.2) is 53.4 Å². The van der Waals surface area contributed by atoms with E-state index in [9.17, 15) is 13.2 Å². The number of nitrogens with one attached hydrogen (secondary N) is 1. The number of hydroxylamine groups is 1. The molecule has 0 saturated heterocycles. The lowest BCUT2D eigenvalue weighted by Gasteiger charge is -2.41. The minimum absolute atomic E-state index is 0.0655. The van der Waals surface area contributed by atoms with Crippen LogP contribution in [0.2, 0.25) is 0 Å². The summed E-state index contributed by atoms with van der Waals surface area (Å²) in [5.74, 6) is -0.232. The number of nitrogens with zero attached hydrogens (tertiary/aromatic N) is 2. The van der Waals surface area contributed by atoms with Crippen molar-refractivity contribution in [2.24, 2.45) is 0 Å². The van der Waals surface area contributed by atoms with Crippen LogP contribution in [-0.4, -0.2) is 56.5 Å². The number of carbonyl (C=O) groups excluding carboxylic acids is 1. The van der Waals surface area contributed by atoms with Crippen molar-refractivity contribution >= 4 is 15.9 Å². The zero-order valence-corrected chi connectivity index (χ0v) is 18.7. The maximum absolute atomic E-state index is 12.6. The van der Waals surface area contributed by atoms with Crippen LogP contribution in [0.5, 0.6) is 0 Å². The summed E-state index contributed by atoms with van der Waals surface area (Å²) in [5.41, 5.74) is 2.92. The second-order valence-corrected chi connectivity index (χ2v) is 9.99. The number of sulfonamides is 1. The van der Waals surface area contributed by atoms with Gasteiger partial charge in [-0.3, -0.25) is 14.5 Å². The van der Waals surface area contributed by atoms with Crippen LogP contribution >= 0.6 is 0 Å². The first-order valence-corrected chi connectivity index (χ1v) is 11.3. The van der Waals surface area contributed by atoms with Gasteiger partial charge in [-0.2, -0.15) is 0 Å². The van der Waals surface area contributed by atoms with Gasteiger partial charge in [-0.15, -0.1) is 0 Å². The molecule has 1 amide bonds. The standard InChI is InChI=1S/C22H29N3O4S/c1-22(2,25-14-13-17-7-5-6-8-19(17)15-25)16-23-21(26)18-9-11-20(12-10-18)30(27,28)24(3)29-4/h5-12H,13-16H2,1-4H3,(H,23,26). The molecule has 1 aliphatic rings. The summed E-state index contributed by atoms with van der Waals surface area (Å²) in [7, 11) is -1.14. The Morgan fingerprint density at radius 2 is 1.77 bits per heavy atom. The van der Waals surface area contributed by atoms with E-state index >= 15 is 0 Å². The van der Waals surface area contributed by atoms with Crippen LogP contribution in [-0.2, 0) is 27.8 Å². The Labute approximate surface area is 178 Å². The van der Waals surface area contributed by atoms with Gasteiger partial charge in [0.25, 0.3) is 15.9 Å². The molecule has 1 heterocycles. The average Bonchev–Trinajstić information content (AvgIpc) is 2.76. The predicted molar refractivity (Wildman–Crippen MR) is 115 cm³/mol. The minimum Gasteiger partial charge on any atom is -0.350 e. The highest BCUT2D eigenvalue weighted by Gasteiger charge is 2.30. The summed E-state index contributed by atoms with van der Waals surface area (Å²) < 4.78 is 25.3. The third-order valence-electron chi connectivity index (χ3n) is 5.68. The van der Waals surface area contributed by atoms with Crippen molar-refractivity contribution in [3.8, 4) is 0 Å². The van der Waals surface area contributed by atoms with Crippen molar-refractivity contribution in [3.63, 3.8) is 0 Å². The zero-order valence-electron chi connectivity index (χ0n) is 17.9. The molecule has 1 aliphatic heterocycles. The lowest BCUT2D eigenvalue weighted by atomic mass is 9.94. The van der Waals surface area contributed by atoms with E-state index in [1.165, 1.54) is 49.5 Å². The molecule has 2 aromatic carbocycles. The fourth-order valence-electron chi connectivity index (χ4n) is 3.55. The quantitative estimate of drug-likeness (QED) is 0.682. The topological polar surface area (TPSA) is 78.9 Å². The lowest BCUT2D eigenvalue weighted by Crippen LogP contribution is -2.53. The molecule has 0 aliphatic carbocycles. The van der Waals surface area contributed by atoms with Crippen LogP contribution in [0.3, 0.4) is 0 Å². The first-order chi connectivity index (χ1) is 14.1. The second kappa shape index (κ2) is 8.85. The third-order valence-corrected chi connectivity index (χ3v) is 7.37. The molecule has 3 rings (SSSR count). The van der Waals surface area contributed by atoms with Crippen molar-refractivity contribution in [3.05, 3.63) is 65.2 Å². The molecular weight excluding hydrogens is 402 g/mol. The van der Waals surface area contributed by atoms with Crippen LogP contribution < -0.4 is 5.32 Å². The fourth-order valence-corrected chi connectivity index (χ4v) is 4.52.